The van der Waals surface area contributed by atoms with Gasteiger partial charge in [0.1, 0.15) is 11.7 Å². The van der Waals surface area contributed by atoms with E-state index in [0.717, 1.165) is 27.0 Å². The number of rotatable bonds is 2. The molecule has 0 aliphatic carbocycles. The number of carbonyl (C=O) groups excluding carboxylic acids is 1. The van der Waals surface area contributed by atoms with Gasteiger partial charge in [0.15, 0.2) is 0 Å². The van der Waals surface area contributed by atoms with Crippen LogP contribution in [0.3, 0.4) is 0 Å². The summed E-state index contributed by atoms with van der Waals surface area (Å²) < 4.78 is 2.69. The number of halogens is 1. The fourth-order valence-electron chi connectivity index (χ4n) is 3.46. The van der Waals surface area contributed by atoms with Crippen LogP contribution >= 0.6 is 15.9 Å². The number of carbonyl (C=O) groups is 1. The highest BCUT2D eigenvalue weighted by atomic mass is 79.9. The van der Waals surface area contributed by atoms with Gasteiger partial charge in [-0.1, -0.05) is 46.3 Å². The lowest BCUT2D eigenvalue weighted by Gasteiger charge is -2.28. The standard InChI is InChI=1S/C20H15BrN4O.C2H6O/c1-12-17-18(13-7-9-14(21)10-8-13)16(11-22)20(26)23-19(17)25(24-12)15-5-3-2-4-6-15;1-2-3/h2-10,16,18H,1H3,(H,23,26);3H,2H2,1H3/t16-,18+;/m0./s1. The van der Waals surface area contributed by atoms with Crippen molar-refractivity contribution in [2.45, 2.75) is 19.8 Å². The van der Waals surface area contributed by atoms with E-state index in [1.165, 1.54) is 0 Å². The lowest BCUT2D eigenvalue weighted by atomic mass is 9.78. The van der Waals surface area contributed by atoms with Crippen LogP contribution in [0.25, 0.3) is 5.69 Å². The summed E-state index contributed by atoms with van der Waals surface area (Å²) in [5, 5.41) is 24.7. The maximum Gasteiger partial charge on any atom is 0.243 e. The van der Waals surface area contributed by atoms with Crippen molar-refractivity contribution in [3.63, 3.8) is 0 Å². The van der Waals surface area contributed by atoms with E-state index in [0.29, 0.717) is 5.82 Å². The molecule has 4 rings (SSSR count). The fourth-order valence-corrected chi connectivity index (χ4v) is 3.73. The molecule has 0 saturated heterocycles. The van der Waals surface area contributed by atoms with Gasteiger partial charge in [-0.3, -0.25) is 4.79 Å². The smallest absolute Gasteiger partial charge is 0.243 e. The maximum absolute atomic E-state index is 12.6. The Morgan fingerprint density at radius 1 is 1.21 bits per heavy atom. The molecule has 0 bridgehead atoms. The van der Waals surface area contributed by atoms with E-state index in [4.69, 9.17) is 5.11 Å². The zero-order valence-corrected chi connectivity index (χ0v) is 17.7. The average molecular weight is 453 g/mol. The highest BCUT2D eigenvalue weighted by molar-refractivity contribution is 9.10. The van der Waals surface area contributed by atoms with E-state index in [1.54, 1.807) is 11.6 Å². The molecule has 2 atom stereocenters. The lowest BCUT2D eigenvalue weighted by molar-refractivity contribution is -0.119. The van der Waals surface area contributed by atoms with Gasteiger partial charge in [0.25, 0.3) is 0 Å². The van der Waals surface area contributed by atoms with E-state index >= 15 is 0 Å². The predicted molar refractivity (Wildman–Crippen MR) is 115 cm³/mol. The molecule has 6 nitrogen and oxygen atoms in total. The van der Waals surface area contributed by atoms with Crippen LogP contribution in [0.5, 0.6) is 0 Å². The van der Waals surface area contributed by atoms with Gasteiger partial charge in [-0.25, -0.2) is 4.68 Å². The molecule has 2 N–H and O–H groups in total. The van der Waals surface area contributed by atoms with E-state index in [1.807, 2.05) is 61.5 Å². The number of hydrogen-bond acceptors (Lipinski definition) is 4. The third-order valence-corrected chi connectivity index (χ3v) is 5.17. The van der Waals surface area contributed by atoms with Crippen molar-refractivity contribution in [2.75, 3.05) is 11.9 Å². The van der Waals surface area contributed by atoms with E-state index in [-0.39, 0.29) is 18.4 Å². The second-order valence-corrected chi connectivity index (χ2v) is 7.45. The van der Waals surface area contributed by atoms with Gasteiger partial charge < -0.3 is 10.4 Å². The second kappa shape index (κ2) is 9.03. The summed E-state index contributed by atoms with van der Waals surface area (Å²) in [6.07, 6.45) is 0. The predicted octanol–water partition coefficient (Wildman–Crippen LogP) is 4.17. The molecule has 1 aromatic heterocycles. The van der Waals surface area contributed by atoms with Gasteiger partial charge in [-0.2, -0.15) is 10.4 Å². The van der Waals surface area contributed by atoms with Crippen molar-refractivity contribution in [1.82, 2.24) is 9.78 Å². The normalized spacial score (nSPS) is 17.4. The highest BCUT2D eigenvalue weighted by Crippen LogP contribution is 2.43. The molecule has 2 heterocycles. The van der Waals surface area contributed by atoms with Crippen LogP contribution in [0.4, 0.5) is 5.82 Å². The lowest BCUT2D eigenvalue weighted by Crippen LogP contribution is -2.34. The molecule has 1 aliphatic heterocycles. The summed E-state index contributed by atoms with van der Waals surface area (Å²) in [5.41, 5.74) is 3.48. The van der Waals surface area contributed by atoms with Crippen molar-refractivity contribution >= 4 is 27.7 Å². The molecule has 7 heteroatoms. The number of aryl methyl sites for hydroxylation is 1. The van der Waals surface area contributed by atoms with E-state index < -0.39 is 5.92 Å². The maximum atomic E-state index is 12.6. The molecule has 0 fully saturated rings. The number of hydrogen-bond donors (Lipinski definition) is 2. The number of amides is 1. The highest BCUT2D eigenvalue weighted by Gasteiger charge is 2.41. The first-order chi connectivity index (χ1) is 14.0. The summed E-state index contributed by atoms with van der Waals surface area (Å²) in [4.78, 5) is 12.6. The number of aliphatic hydroxyl groups is 1. The zero-order valence-electron chi connectivity index (χ0n) is 16.1. The summed E-state index contributed by atoms with van der Waals surface area (Å²) in [5.74, 6) is -0.812. The van der Waals surface area contributed by atoms with Crippen molar-refractivity contribution in [3.05, 3.63) is 75.9 Å². The van der Waals surface area contributed by atoms with Gasteiger partial charge in [0.2, 0.25) is 5.91 Å². The molecule has 2 aromatic carbocycles. The first-order valence-corrected chi connectivity index (χ1v) is 10.0. The van der Waals surface area contributed by atoms with Gasteiger partial charge in [-0.05, 0) is 43.7 Å². The Bertz CT molecular complexity index is 1040. The third-order valence-electron chi connectivity index (χ3n) is 4.64. The van der Waals surface area contributed by atoms with Crippen LogP contribution in [0.1, 0.15) is 29.7 Å². The summed E-state index contributed by atoms with van der Waals surface area (Å²) >= 11 is 3.43. The monoisotopic (exact) mass is 452 g/mol. The van der Waals surface area contributed by atoms with Crippen LogP contribution in [-0.4, -0.2) is 27.4 Å². The molecule has 0 unspecified atom stereocenters. The molecule has 148 valence electrons. The quantitative estimate of drug-likeness (QED) is 0.610. The molecular formula is C22H21BrN4O2. The van der Waals surface area contributed by atoms with Crippen LogP contribution < -0.4 is 5.32 Å². The van der Waals surface area contributed by atoms with E-state index in [2.05, 4.69) is 32.4 Å². The SMILES string of the molecule is CCO.Cc1nn(-c2ccccc2)c2c1[C@H](c1ccc(Br)cc1)[C@H](C#N)C(=O)N2. The van der Waals surface area contributed by atoms with E-state index in [9.17, 15) is 10.1 Å². The Kier molecular flexibility index (Phi) is 6.47. The van der Waals surface area contributed by atoms with Crippen LogP contribution in [0.15, 0.2) is 59.1 Å². The Morgan fingerprint density at radius 2 is 1.83 bits per heavy atom. The van der Waals surface area contributed by atoms with Gasteiger partial charge in [0.05, 0.1) is 17.5 Å². The number of aromatic nitrogens is 2. The number of benzene rings is 2. The number of nitrogens with zero attached hydrogens (tertiary/aromatic N) is 3. The molecule has 1 amide bonds. The minimum Gasteiger partial charge on any atom is -0.397 e. The third kappa shape index (κ3) is 4.09. The van der Waals surface area contributed by atoms with Crippen molar-refractivity contribution in [1.29, 1.82) is 5.26 Å². The minimum atomic E-state index is -0.796. The number of nitriles is 1. The summed E-state index contributed by atoms with van der Waals surface area (Å²) in [6.45, 7) is 3.84. The molecule has 0 radical (unpaired) electrons. The Labute approximate surface area is 177 Å². The molecule has 0 saturated carbocycles. The Hall–Kier alpha value is -2.95. The summed E-state index contributed by atoms with van der Waals surface area (Å²) in [6, 6.07) is 19.6. The van der Waals surface area contributed by atoms with Gasteiger partial charge in [0, 0.05) is 22.6 Å². The van der Waals surface area contributed by atoms with Gasteiger partial charge in [-0.15, -0.1) is 0 Å². The van der Waals surface area contributed by atoms with Crippen LogP contribution in [0, 0.1) is 24.2 Å². The number of nitrogens with one attached hydrogen (secondary N) is 1. The second-order valence-electron chi connectivity index (χ2n) is 6.54. The molecule has 29 heavy (non-hydrogen) atoms. The van der Waals surface area contributed by atoms with Crippen molar-refractivity contribution < 1.29 is 9.90 Å². The molecule has 0 spiro atoms. The average Bonchev–Trinajstić information content (AvgIpc) is 3.05. The zero-order chi connectivity index (χ0) is 21.0. The number of anilines is 1. The number of aliphatic hydroxyl groups excluding tert-OH is 1. The van der Waals surface area contributed by atoms with Crippen LogP contribution in [-0.2, 0) is 4.79 Å². The first kappa shape index (κ1) is 20.8. The minimum absolute atomic E-state index is 0.250. The Morgan fingerprint density at radius 3 is 2.41 bits per heavy atom. The molecule has 3 aromatic rings. The van der Waals surface area contributed by atoms with Crippen LogP contribution in [0.2, 0.25) is 0 Å². The molecular weight excluding hydrogens is 432 g/mol. The largest absolute Gasteiger partial charge is 0.397 e. The topological polar surface area (TPSA) is 90.9 Å². The van der Waals surface area contributed by atoms with Gasteiger partial charge >= 0.3 is 0 Å². The summed E-state index contributed by atoms with van der Waals surface area (Å²) in [7, 11) is 0. The fraction of sp³-hybridized carbons (Fsp3) is 0.227. The number of fused-ring (bicyclic) bond motifs is 1. The molecule has 1 aliphatic rings. The first-order valence-electron chi connectivity index (χ1n) is 9.23. The van der Waals surface area contributed by atoms with Crippen molar-refractivity contribution in [2.24, 2.45) is 5.92 Å². The van der Waals surface area contributed by atoms with Crippen molar-refractivity contribution in [3.8, 4) is 11.8 Å². The Balaban J connectivity index is 0.000000755. The number of para-hydroxylation sites is 1.